The molecule has 0 bridgehead atoms. The summed E-state index contributed by atoms with van der Waals surface area (Å²) in [4.78, 5) is 8.45. The van der Waals surface area contributed by atoms with Crippen molar-refractivity contribution in [3.63, 3.8) is 0 Å². The molecular formula is C27H24N2. The zero-order valence-electron chi connectivity index (χ0n) is 16.4. The number of rotatable bonds is 5. The lowest BCUT2D eigenvalue weighted by Crippen LogP contribution is -2.29. The van der Waals surface area contributed by atoms with E-state index in [0.717, 1.165) is 19.3 Å². The molecule has 0 fully saturated rings. The average Bonchev–Trinajstić information content (AvgIpc) is 3.10. The van der Waals surface area contributed by atoms with Crippen molar-refractivity contribution in [2.75, 3.05) is 0 Å². The highest BCUT2D eigenvalue weighted by Gasteiger charge is 2.44. The van der Waals surface area contributed by atoms with Gasteiger partial charge in [0.25, 0.3) is 0 Å². The van der Waals surface area contributed by atoms with E-state index in [9.17, 15) is 0 Å². The highest BCUT2D eigenvalue weighted by atomic mass is 14.6. The van der Waals surface area contributed by atoms with E-state index in [1.54, 1.807) is 0 Å². The van der Waals surface area contributed by atoms with Crippen molar-refractivity contribution in [2.24, 2.45) is 0 Å². The number of hydrogen-bond donors (Lipinski definition) is 0. The lowest BCUT2D eigenvalue weighted by atomic mass is 9.71. The first-order valence-electron chi connectivity index (χ1n) is 10.3. The van der Waals surface area contributed by atoms with Crippen LogP contribution in [0.1, 0.15) is 40.2 Å². The van der Waals surface area contributed by atoms with Gasteiger partial charge in [-0.25, -0.2) is 0 Å². The van der Waals surface area contributed by atoms with Crippen LogP contribution in [0.2, 0.25) is 0 Å². The largest absolute Gasteiger partial charge is 0.265 e. The minimum atomic E-state index is 0.0554. The third-order valence-electron chi connectivity index (χ3n) is 6.29. The molecule has 1 unspecified atom stereocenters. The minimum Gasteiger partial charge on any atom is -0.265 e. The van der Waals surface area contributed by atoms with E-state index in [-0.39, 0.29) is 5.41 Å². The molecule has 0 aliphatic heterocycles. The Morgan fingerprint density at radius 2 is 1.21 bits per heavy atom. The molecule has 1 aliphatic rings. The maximum atomic E-state index is 4.23. The van der Waals surface area contributed by atoms with E-state index < -0.39 is 0 Å². The van der Waals surface area contributed by atoms with Gasteiger partial charge in [0.2, 0.25) is 0 Å². The molecule has 0 spiro atoms. The van der Waals surface area contributed by atoms with Gasteiger partial charge < -0.3 is 0 Å². The maximum Gasteiger partial charge on any atom is 0.0270 e. The minimum absolute atomic E-state index is 0.0554. The van der Waals surface area contributed by atoms with Crippen molar-refractivity contribution < 1.29 is 0 Å². The van der Waals surface area contributed by atoms with Crippen LogP contribution in [0.25, 0.3) is 0 Å². The Kier molecular flexibility index (Phi) is 4.69. The summed E-state index contributed by atoms with van der Waals surface area (Å²) >= 11 is 0. The summed E-state index contributed by atoms with van der Waals surface area (Å²) in [6.07, 6.45) is 10.8. The van der Waals surface area contributed by atoms with Crippen LogP contribution < -0.4 is 0 Å². The van der Waals surface area contributed by atoms with Gasteiger partial charge in [0.05, 0.1) is 0 Å². The van der Waals surface area contributed by atoms with Crippen molar-refractivity contribution in [1.82, 2.24) is 9.97 Å². The molecule has 0 N–H and O–H groups in total. The fourth-order valence-corrected chi connectivity index (χ4v) is 5.06. The monoisotopic (exact) mass is 376 g/mol. The standard InChI is InChI=1S/C27H24N2/c1-2-6-23(7-3-1)25-20-27(18-21-10-14-28-15-11-21,19-22-12-16-29-17-13-22)26-9-5-4-8-24(25)26/h1-17,25H,18-20H2. The molecule has 0 saturated carbocycles. The second-order valence-electron chi connectivity index (χ2n) is 8.10. The lowest BCUT2D eigenvalue weighted by molar-refractivity contribution is 0.403. The molecule has 0 radical (unpaired) electrons. The van der Waals surface area contributed by atoms with Crippen molar-refractivity contribution >= 4 is 0 Å². The molecule has 2 heterocycles. The number of pyridine rings is 2. The summed E-state index contributed by atoms with van der Waals surface area (Å²) in [5.74, 6) is 0.427. The van der Waals surface area contributed by atoms with E-state index in [2.05, 4.69) is 88.8 Å². The summed E-state index contributed by atoms with van der Waals surface area (Å²) < 4.78 is 0. The first kappa shape index (κ1) is 17.8. The quantitative estimate of drug-likeness (QED) is 0.444. The fourth-order valence-electron chi connectivity index (χ4n) is 5.06. The summed E-state index contributed by atoms with van der Waals surface area (Å²) in [6, 6.07) is 28.7. The topological polar surface area (TPSA) is 25.8 Å². The molecule has 2 heteroatoms. The fraction of sp³-hybridized carbons (Fsp3) is 0.185. The summed E-state index contributed by atoms with van der Waals surface area (Å²) in [5, 5.41) is 0. The number of nitrogens with zero attached hydrogens (tertiary/aromatic N) is 2. The first-order chi connectivity index (χ1) is 14.3. The van der Waals surface area contributed by atoms with Gasteiger partial charge in [0.1, 0.15) is 0 Å². The lowest BCUT2D eigenvalue weighted by Gasteiger charge is -2.32. The number of fused-ring (bicyclic) bond motifs is 1. The third kappa shape index (κ3) is 3.47. The van der Waals surface area contributed by atoms with Gasteiger partial charge in [-0.2, -0.15) is 0 Å². The number of hydrogen-bond acceptors (Lipinski definition) is 2. The van der Waals surface area contributed by atoms with Crippen LogP contribution in [0, 0.1) is 0 Å². The van der Waals surface area contributed by atoms with Gasteiger partial charge in [-0.05, 0) is 71.3 Å². The molecule has 29 heavy (non-hydrogen) atoms. The zero-order chi connectivity index (χ0) is 19.5. The van der Waals surface area contributed by atoms with Gasteiger partial charge in [0, 0.05) is 36.1 Å². The smallest absolute Gasteiger partial charge is 0.0270 e. The molecule has 1 atom stereocenters. The molecule has 2 aromatic carbocycles. The van der Waals surface area contributed by atoms with Crippen molar-refractivity contribution in [2.45, 2.75) is 30.6 Å². The summed E-state index contributed by atoms with van der Waals surface area (Å²) in [6.45, 7) is 0. The third-order valence-corrected chi connectivity index (χ3v) is 6.29. The second-order valence-corrected chi connectivity index (χ2v) is 8.10. The normalized spacial score (nSPS) is 17.0. The summed E-state index contributed by atoms with van der Waals surface area (Å²) in [7, 11) is 0. The Morgan fingerprint density at radius 1 is 0.655 bits per heavy atom. The van der Waals surface area contributed by atoms with Crippen LogP contribution in [0.15, 0.2) is 104 Å². The van der Waals surface area contributed by atoms with Crippen LogP contribution in [-0.4, -0.2) is 9.97 Å². The molecule has 142 valence electrons. The number of aromatic nitrogens is 2. The SMILES string of the molecule is c1ccc(C2CC(Cc3ccncc3)(Cc3ccncc3)c3ccccc32)cc1. The number of benzene rings is 2. The van der Waals surface area contributed by atoms with E-state index in [0.29, 0.717) is 5.92 Å². The molecule has 1 aliphatic carbocycles. The molecule has 2 nitrogen and oxygen atoms in total. The van der Waals surface area contributed by atoms with Crippen LogP contribution in [0.4, 0.5) is 0 Å². The van der Waals surface area contributed by atoms with Gasteiger partial charge >= 0.3 is 0 Å². The van der Waals surface area contributed by atoms with E-state index in [4.69, 9.17) is 0 Å². The van der Waals surface area contributed by atoms with Gasteiger partial charge in [-0.3, -0.25) is 9.97 Å². The molecule has 4 aromatic rings. The Labute approximate surface area is 172 Å². The molecule has 5 rings (SSSR count). The molecule has 2 aromatic heterocycles. The zero-order valence-corrected chi connectivity index (χ0v) is 16.4. The molecule has 0 saturated heterocycles. The van der Waals surface area contributed by atoms with Crippen LogP contribution in [0.5, 0.6) is 0 Å². The molecular weight excluding hydrogens is 352 g/mol. The average molecular weight is 377 g/mol. The highest BCUT2D eigenvalue weighted by Crippen LogP contribution is 2.52. The van der Waals surface area contributed by atoms with Crippen molar-refractivity contribution in [3.8, 4) is 0 Å². The first-order valence-corrected chi connectivity index (χ1v) is 10.3. The maximum absolute atomic E-state index is 4.23. The van der Waals surface area contributed by atoms with Crippen LogP contribution in [-0.2, 0) is 18.3 Å². The van der Waals surface area contributed by atoms with Gasteiger partial charge in [0.15, 0.2) is 0 Å². The Bertz CT molecular complexity index is 1030. The summed E-state index contributed by atoms with van der Waals surface area (Å²) in [5.41, 5.74) is 7.12. The van der Waals surface area contributed by atoms with Crippen LogP contribution in [0.3, 0.4) is 0 Å². The predicted octanol–water partition coefficient (Wildman–Crippen LogP) is 5.74. The Balaban J connectivity index is 1.63. The van der Waals surface area contributed by atoms with Crippen molar-refractivity contribution in [3.05, 3.63) is 131 Å². The van der Waals surface area contributed by atoms with E-state index in [1.165, 1.54) is 27.8 Å². The van der Waals surface area contributed by atoms with Gasteiger partial charge in [-0.1, -0.05) is 54.6 Å². The van der Waals surface area contributed by atoms with E-state index >= 15 is 0 Å². The van der Waals surface area contributed by atoms with Crippen LogP contribution >= 0.6 is 0 Å². The predicted molar refractivity (Wildman–Crippen MR) is 117 cm³/mol. The molecule has 0 amide bonds. The van der Waals surface area contributed by atoms with Gasteiger partial charge in [-0.15, -0.1) is 0 Å². The van der Waals surface area contributed by atoms with Crippen molar-refractivity contribution in [1.29, 1.82) is 0 Å². The highest BCUT2D eigenvalue weighted by molar-refractivity contribution is 5.49. The van der Waals surface area contributed by atoms with E-state index in [1.807, 2.05) is 24.8 Å². The Morgan fingerprint density at radius 3 is 1.83 bits per heavy atom. The second kappa shape index (κ2) is 7.63. The Hall–Kier alpha value is -3.26.